The third kappa shape index (κ3) is 2.23. The van der Waals surface area contributed by atoms with Gasteiger partial charge in [0.2, 0.25) is 0 Å². The average Bonchev–Trinajstić information content (AvgIpc) is 2.99. The lowest BCUT2D eigenvalue weighted by molar-refractivity contribution is 0.184. The maximum absolute atomic E-state index is 5.61. The normalized spacial score (nSPS) is 30.1. The van der Waals surface area contributed by atoms with Crippen LogP contribution in [-0.4, -0.2) is 48.6 Å². The molecule has 0 N–H and O–H groups in total. The molecule has 3 heteroatoms. The molecule has 2 bridgehead atoms. The number of hydrogen-bond acceptors (Lipinski definition) is 3. The number of likely N-dealkylation sites (tertiary alicyclic amines) is 1. The average molecular weight is 272 g/mol. The molecule has 3 heterocycles. The fourth-order valence-corrected chi connectivity index (χ4v) is 4.15. The Morgan fingerprint density at radius 2 is 2.10 bits per heavy atom. The second-order valence-corrected chi connectivity index (χ2v) is 6.65. The molecule has 0 saturated carbocycles. The van der Waals surface area contributed by atoms with E-state index >= 15 is 0 Å². The molecule has 0 radical (unpaired) electrons. The van der Waals surface area contributed by atoms with Crippen molar-refractivity contribution in [2.24, 2.45) is 0 Å². The largest absolute Gasteiger partial charge is 0.493 e. The van der Waals surface area contributed by atoms with Gasteiger partial charge in [-0.1, -0.05) is 12.1 Å². The number of benzene rings is 1. The van der Waals surface area contributed by atoms with Crippen LogP contribution in [0.4, 0.5) is 0 Å². The lowest BCUT2D eigenvalue weighted by atomic mass is 10.1. The fraction of sp³-hybridized carbons (Fsp3) is 0.647. The molecular weight excluding hydrogens is 248 g/mol. The van der Waals surface area contributed by atoms with Gasteiger partial charge in [0.1, 0.15) is 5.75 Å². The maximum atomic E-state index is 5.61. The molecule has 3 nitrogen and oxygen atoms in total. The first kappa shape index (κ1) is 12.7. The van der Waals surface area contributed by atoms with Gasteiger partial charge in [-0.25, -0.2) is 0 Å². The molecule has 20 heavy (non-hydrogen) atoms. The van der Waals surface area contributed by atoms with Crippen LogP contribution >= 0.6 is 0 Å². The SMILES string of the molecule is CN1CC[C@H]2CC[C@@H](C1)N2Cc1ccc2c(c1)CCO2. The molecule has 3 aliphatic heterocycles. The molecule has 0 spiro atoms. The van der Waals surface area contributed by atoms with Crippen molar-refractivity contribution >= 4 is 0 Å². The first-order valence-electron chi connectivity index (χ1n) is 7.98. The van der Waals surface area contributed by atoms with Crippen molar-refractivity contribution in [3.8, 4) is 5.75 Å². The van der Waals surface area contributed by atoms with E-state index in [4.69, 9.17) is 4.74 Å². The van der Waals surface area contributed by atoms with Gasteiger partial charge < -0.3 is 9.64 Å². The molecule has 0 aromatic heterocycles. The zero-order chi connectivity index (χ0) is 13.5. The highest BCUT2D eigenvalue weighted by molar-refractivity contribution is 5.39. The van der Waals surface area contributed by atoms with Gasteiger partial charge >= 0.3 is 0 Å². The number of ether oxygens (including phenoxy) is 1. The van der Waals surface area contributed by atoms with Crippen LogP contribution in [0.2, 0.25) is 0 Å². The molecule has 2 atom stereocenters. The molecule has 4 rings (SSSR count). The van der Waals surface area contributed by atoms with Crippen molar-refractivity contribution in [2.75, 3.05) is 26.7 Å². The molecule has 1 aromatic rings. The molecular formula is C17H24N2O. The second-order valence-electron chi connectivity index (χ2n) is 6.65. The first-order valence-corrected chi connectivity index (χ1v) is 7.98. The molecule has 2 fully saturated rings. The van der Waals surface area contributed by atoms with Crippen molar-refractivity contribution < 1.29 is 4.74 Å². The van der Waals surface area contributed by atoms with Crippen molar-refractivity contribution in [3.05, 3.63) is 29.3 Å². The van der Waals surface area contributed by atoms with E-state index in [0.717, 1.165) is 37.4 Å². The molecule has 0 aliphatic carbocycles. The molecule has 0 amide bonds. The smallest absolute Gasteiger partial charge is 0.122 e. The van der Waals surface area contributed by atoms with Gasteiger partial charge in [0.05, 0.1) is 6.61 Å². The van der Waals surface area contributed by atoms with Crippen LogP contribution < -0.4 is 4.74 Å². The Bertz CT molecular complexity index is 502. The summed E-state index contributed by atoms with van der Waals surface area (Å²) >= 11 is 0. The van der Waals surface area contributed by atoms with Crippen molar-refractivity contribution in [1.29, 1.82) is 0 Å². The zero-order valence-electron chi connectivity index (χ0n) is 12.3. The van der Waals surface area contributed by atoms with Crippen LogP contribution in [0.15, 0.2) is 18.2 Å². The van der Waals surface area contributed by atoms with E-state index in [1.165, 1.54) is 43.5 Å². The van der Waals surface area contributed by atoms with E-state index in [0.29, 0.717) is 0 Å². The minimum atomic E-state index is 0.761. The van der Waals surface area contributed by atoms with E-state index in [-0.39, 0.29) is 0 Å². The maximum Gasteiger partial charge on any atom is 0.122 e. The standard InChI is InChI=1S/C17H24N2O/c1-18-8-6-15-3-4-16(12-18)19(15)11-13-2-5-17-14(10-13)7-9-20-17/h2,5,10,15-16H,3-4,6-9,11-12H2,1H3/t15-,16+/m1/s1. The number of fused-ring (bicyclic) bond motifs is 3. The summed E-state index contributed by atoms with van der Waals surface area (Å²) in [6, 6.07) is 8.37. The van der Waals surface area contributed by atoms with Crippen molar-refractivity contribution in [3.63, 3.8) is 0 Å². The Morgan fingerprint density at radius 1 is 1.20 bits per heavy atom. The van der Waals surface area contributed by atoms with Gasteiger partial charge in [-0.2, -0.15) is 0 Å². The Morgan fingerprint density at radius 3 is 3.05 bits per heavy atom. The van der Waals surface area contributed by atoms with Gasteiger partial charge in [0.15, 0.2) is 0 Å². The summed E-state index contributed by atoms with van der Waals surface area (Å²) in [5.74, 6) is 1.10. The monoisotopic (exact) mass is 272 g/mol. The molecule has 1 aromatic carbocycles. The fourth-order valence-electron chi connectivity index (χ4n) is 4.15. The molecule has 2 saturated heterocycles. The highest BCUT2D eigenvalue weighted by Gasteiger charge is 2.36. The van der Waals surface area contributed by atoms with Crippen LogP contribution in [0.5, 0.6) is 5.75 Å². The van der Waals surface area contributed by atoms with E-state index in [1.807, 2.05) is 0 Å². The van der Waals surface area contributed by atoms with E-state index in [9.17, 15) is 0 Å². The van der Waals surface area contributed by atoms with Crippen molar-refractivity contribution in [2.45, 2.75) is 44.3 Å². The zero-order valence-corrected chi connectivity index (χ0v) is 12.3. The molecule has 0 unspecified atom stereocenters. The number of rotatable bonds is 2. The summed E-state index contributed by atoms with van der Waals surface area (Å²) in [7, 11) is 2.27. The van der Waals surface area contributed by atoms with E-state index < -0.39 is 0 Å². The summed E-state index contributed by atoms with van der Waals surface area (Å²) in [5, 5.41) is 0. The third-order valence-corrected chi connectivity index (χ3v) is 5.26. The minimum absolute atomic E-state index is 0.761. The Hall–Kier alpha value is -1.06. The highest BCUT2D eigenvalue weighted by atomic mass is 16.5. The van der Waals surface area contributed by atoms with E-state index in [2.05, 4.69) is 35.0 Å². The summed E-state index contributed by atoms with van der Waals surface area (Å²) in [4.78, 5) is 5.27. The van der Waals surface area contributed by atoms with E-state index in [1.54, 1.807) is 0 Å². The summed E-state index contributed by atoms with van der Waals surface area (Å²) in [6.07, 6.45) is 5.19. The number of nitrogens with zero attached hydrogens (tertiary/aromatic N) is 2. The predicted molar refractivity (Wildman–Crippen MR) is 80.1 cm³/mol. The van der Waals surface area contributed by atoms with Gasteiger partial charge in [-0.3, -0.25) is 4.90 Å². The lowest BCUT2D eigenvalue weighted by Crippen LogP contribution is -2.37. The topological polar surface area (TPSA) is 15.7 Å². The Kier molecular flexibility index (Phi) is 3.20. The highest BCUT2D eigenvalue weighted by Crippen LogP contribution is 2.32. The van der Waals surface area contributed by atoms with Gasteiger partial charge in [-0.15, -0.1) is 0 Å². The Labute approximate surface area is 121 Å². The molecule has 108 valence electrons. The second kappa shape index (κ2) is 5.05. The van der Waals surface area contributed by atoms with Crippen LogP contribution in [0, 0.1) is 0 Å². The van der Waals surface area contributed by atoms with Crippen LogP contribution in [0.3, 0.4) is 0 Å². The summed E-state index contributed by atoms with van der Waals surface area (Å²) in [5.41, 5.74) is 2.87. The van der Waals surface area contributed by atoms with Crippen LogP contribution in [-0.2, 0) is 13.0 Å². The minimum Gasteiger partial charge on any atom is -0.493 e. The number of hydrogen-bond donors (Lipinski definition) is 0. The molecule has 3 aliphatic rings. The third-order valence-electron chi connectivity index (χ3n) is 5.26. The van der Waals surface area contributed by atoms with Gasteiger partial charge in [0, 0.05) is 31.6 Å². The first-order chi connectivity index (χ1) is 9.79. The van der Waals surface area contributed by atoms with Crippen LogP contribution in [0.1, 0.15) is 30.4 Å². The van der Waals surface area contributed by atoms with Gasteiger partial charge in [-0.05, 0) is 50.0 Å². The number of likely N-dealkylation sites (N-methyl/N-ethyl adjacent to an activating group) is 1. The summed E-state index contributed by atoms with van der Waals surface area (Å²) < 4.78 is 5.61. The quantitative estimate of drug-likeness (QED) is 0.821. The van der Waals surface area contributed by atoms with Crippen LogP contribution in [0.25, 0.3) is 0 Å². The lowest BCUT2D eigenvalue weighted by Gasteiger charge is -2.28. The van der Waals surface area contributed by atoms with Gasteiger partial charge in [0.25, 0.3) is 0 Å². The summed E-state index contributed by atoms with van der Waals surface area (Å²) in [6.45, 7) is 4.48. The Balaban J connectivity index is 1.53. The van der Waals surface area contributed by atoms with Crippen molar-refractivity contribution in [1.82, 2.24) is 9.80 Å². The predicted octanol–water partition coefficient (Wildman–Crippen LogP) is 2.29.